The predicted octanol–water partition coefficient (Wildman–Crippen LogP) is 1.52. The molecule has 0 radical (unpaired) electrons. The number of aliphatic hydroxyl groups excluding tert-OH is 1. The zero-order chi connectivity index (χ0) is 13.1. The highest BCUT2D eigenvalue weighted by Crippen LogP contribution is 1.90. The van der Waals surface area contributed by atoms with Crippen LogP contribution in [-0.4, -0.2) is 30.8 Å². The third-order valence-corrected chi connectivity index (χ3v) is 1.10. The molecule has 0 saturated carbocycles. The Labute approximate surface area is 94.7 Å². The number of hydrogen-bond acceptors (Lipinski definition) is 5. The third-order valence-electron chi connectivity index (χ3n) is 1.10. The minimum absolute atomic E-state index is 0.256. The molecule has 0 aliphatic heterocycles. The van der Waals surface area contributed by atoms with E-state index in [1.54, 1.807) is 6.92 Å². The van der Waals surface area contributed by atoms with Crippen LogP contribution < -0.4 is 0 Å². The molecule has 0 rings (SSSR count). The lowest BCUT2D eigenvalue weighted by Gasteiger charge is -1.97. The van der Waals surface area contributed by atoms with Gasteiger partial charge in [-0.3, -0.25) is 0 Å². The first-order valence-corrected chi connectivity index (χ1v) is 4.26. The van der Waals surface area contributed by atoms with Crippen molar-refractivity contribution in [3.63, 3.8) is 0 Å². The molecule has 0 fully saturated rings. The molecule has 0 unspecified atom stereocenters. The highest BCUT2D eigenvalue weighted by molar-refractivity contribution is 5.87. The molecule has 5 nitrogen and oxygen atoms in total. The summed E-state index contributed by atoms with van der Waals surface area (Å²) in [5, 5.41) is 8.15. The van der Waals surface area contributed by atoms with Crippen LogP contribution in [0.25, 0.3) is 0 Å². The Kier molecular flexibility index (Phi) is 9.75. The molecule has 0 heterocycles. The molecule has 0 spiro atoms. The van der Waals surface area contributed by atoms with E-state index in [2.05, 4.69) is 29.2 Å². The number of ether oxygens (including phenoxy) is 2. The molecule has 0 aliphatic rings. The first-order valence-electron chi connectivity index (χ1n) is 4.26. The van der Waals surface area contributed by atoms with Crippen molar-refractivity contribution in [3.8, 4) is 0 Å². The Morgan fingerprint density at radius 3 is 2.00 bits per heavy atom. The summed E-state index contributed by atoms with van der Waals surface area (Å²) >= 11 is 0. The van der Waals surface area contributed by atoms with Gasteiger partial charge in [0.1, 0.15) is 6.61 Å². The topological polar surface area (TPSA) is 72.8 Å². The number of methoxy groups -OCH3 is 1. The van der Waals surface area contributed by atoms with Crippen molar-refractivity contribution in [2.45, 2.75) is 6.92 Å². The summed E-state index contributed by atoms with van der Waals surface area (Å²) in [7, 11) is 1.17. The Balaban J connectivity index is 0. The maximum absolute atomic E-state index is 10.5. The van der Waals surface area contributed by atoms with Crippen molar-refractivity contribution in [1.82, 2.24) is 0 Å². The van der Waals surface area contributed by atoms with Crippen molar-refractivity contribution in [3.05, 3.63) is 37.1 Å². The van der Waals surface area contributed by atoms with Crippen molar-refractivity contribution in [2.24, 2.45) is 0 Å². The van der Waals surface area contributed by atoms with Gasteiger partial charge in [-0.15, -0.1) is 0 Å². The van der Waals surface area contributed by atoms with Gasteiger partial charge >= 0.3 is 11.9 Å². The largest absolute Gasteiger partial charge is 0.502 e. The molecular formula is C11H16O5. The number of rotatable bonds is 4. The van der Waals surface area contributed by atoms with Gasteiger partial charge in [-0.05, 0) is 13.5 Å². The van der Waals surface area contributed by atoms with E-state index in [4.69, 9.17) is 5.11 Å². The molecule has 0 aromatic rings. The molecule has 0 saturated heterocycles. The van der Waals surface area contributed by atoms with E-state index in [0.29, 0.717) is 5.57 Å². The molecule has 1 N–H and O–H groups in total. The number of aliphatic hydroxyl groups is 1. The highest BCUT2D eigenvalue weighted by Gasteiger charge is 1.99. The molecular weight excluding hydrogens is 212 g/mol. The molecule has 5 heteroatoms. The summed E-state index contributed by atoms with van der Waals surface area (Å²) < 4.78 is 8.62. The Morgan fingerprint density at radius 2 is 1.81 bits per heavy atom. The molecule has 0 aromatic heterocycles. The van der Waals surface area contributed by atoms with E-state index < -0.39 is 11.7 Å². The maximum Gasteiger partial charge on any atom is 0.372 e. The van der Waals surface area contributed by atoms with Crippen LogP contribution in [0.2, 0.25) is 0 Å². The average molecular weight is 228 g/mol. The van der Waals surface area contributed by atoms with E-state index in [9.17, 15) is 9.59 Å². The van der Waals surface area contributed by atoms with Crippen LogP contribution in [-0.2, 0) is 19.1 Å². The molecule has 0 aliphatic carbocycles. The fraction of sp³-hybridized carbons (Fsp3) is 0.273. The summed E-state index contributed by atoms with van der Waals surface area (Å²) in [6, 6.07) is 0. The van der Waals surface area contributed by atoms with Crippen molar-refractivity contribution >= 4 is 11.9 Å². The molecule has 0 atom stereocenters. The molecule has 0 bridgehead atoms. The normalized spacial score (nSPS) is 7.88. The molecule has 0 aromatic carbocycles. The van der Waals surface area contributed by atoms with Crippen LogP contribution in [0.1, 0.15) is 6.92 Å². The van der Waals surface area contributed by atoms with E-state index in [1.165, 1.54) is 13.2 Å². The third kappa shape index (κ3) is 10.0. The van der Waals surface area contributed by atoms with Crippen LogP contribution in [0.15, 0.2) is 37.1 Å². The van der Waals surface area contributed by atoms with Crippen LogP contribution in [0.3, 0.4) is 0 Å². The van der Waals surface area contributed by atoms with Gasteiger partial charge in [-0.25, -0.2) is 9.59 Å². The quantitative estimate of drug-likeness (QED) is 0.342. The van der Waals surface area contributed by atoms with Crippen LogP contribution in [0.4, 0.5) is 0 Å². The van der Waals surface area contributed by atoms with Crippen LogP contribution in [0, 0.1) is 0 Å². The fourth-order valence-electron chi connectivity index (χ4n) is 0.376. The maximum atomic E-state index is 10.5. The van der Waals surface area contributed by atoms with Crippen molar-refractivity contribution < 1.29 is 24.2 Å². The number of hydrogen-bond donors (Lipinski definition) is 1. The zero-order valence-corrected chi connectivity index (χ0v) is 9.49. The summed E-state index contributed by atoms with van der Waals surface area (Å²) in [5.41, 5.74) is 0.414. The van der Waals surface area contributed by atoms with Gasteiger partial charge in [-0.1, -0.05) is 19.2 Å². The monoisotopic (exact) mass is 228 g/mol. The van der Waals surface area contributed by atoms with Gasteiger partial charge in [-0.2, -0.15) is 0 Å². The summed E-state index contributed by atoms with van der Waals surface area (Å²) in [6.07, 6.45) is 1.51. The second kappa shape index (κ2) is 9.51. The Hall–Kier alpha value is -2.04. The lowest BCUT2D eigenvalue weighted by molar-refractivity contribution is -0.139. The number of carbonyl (C=O) groups is 2. The van der Waals surface area contributed by atoms with Gasteiger partial charge in [0.25, 0.3) is 0 Å². The summed E-state index contributed by atoms with van der Waals surface area (Å²) in [6.45, 7) is 11.5. The van der Waals surface area contributed by atoms with E-state index in [-0.39, 0.29) is 12.6 Å². The van der Waals surface area contributed by atoms with Gasteiger partial charge < -0.3 is 14.6 Å². The predicted molar refractivity (Wildman–Crippen MR) is 59.8 cm³/mol. The second-order valence-electron chi connectivity index (χ2n) is 2.61. The van der Waals surface area contributed by atoms with Crippen LogP contribution >= 0.6 is 0 Å². The lowest BCUT2D eigenvalue weighted by atomic mass is 10.4. The Bertz CT molecular complexity index is 291. The summed E-state index contributed by atoms with van der Waals surface area (Å²) in [5.74, 6) is -1.72. The van der Waals surface area contributed by atoms with Gasteiger partial charge in [0.15, 0.2) is 5.76 Å². The lowest BCUT2D eigenvalue weighted by Crippen LogP contribution is -2.03. The smallest absolute Gasteiger partial charge is 0.372 e. The fourth-order valence-corrected chi connectivity index (χ4v) is 0.376. The first-order chi connectivity index (χ1) is 7.36. The Morgan fingerprint density at radius 1 is 1.31 bits per heavy atom. The SMILES string of the molecule is C=C(O)C(=O)OC.C=CCOC(=O)C(=C)C. The number of esters is 2. The number of carbonyl (C=O) groups excluding carboxylic acids is 2. The minimum Gasteiger partial charge on any atom is -0.502 e. The van der Waals surface area contributed by atoms with Crippen LogP contribution in [0.5, 0.6) is 0 Å². The standard InChI is InChI=1S/C7H10O2.C4H6O3/c1-4-5-9-7(8)6(2)3;1-3(5)4(6)7-2/h4H,1-2,5H2,3H3;5H,1H2,2H3. The molecule has 90 valence electrons. The van der Waals surface area contributed by atoms with Gasteiger partial charge in [0.05, 0.1) is 7.11 Å². The average Bonchev–Trinajstić information content (AvgIpc) is 2.25. The zero-order valence-electron chi connectivity index (χ0n) is 9.49. The first kappa shape index (κ1) is 16.4. The summed E-state index contributed by atoms with van der Waals surface area (Å²) in [4.78, 5) is 20.5. The molecule has 16 heavy (non-hydrogen) atoms. The van der Waals surface area contributed by atoms with Gasteiger partial charge in [0.2, 0.25) is 0 Å². The van der Waals surface area contributed by atoms with Gasteiger partial charge in [0, 0.05) is 5.57 Å². The van der Waals surface area contributed by atoms with Crippen molar-refractivity contribution in [2.75, 3.05) is 13.7 Å². The highest BCUT2D eigenvalue weighted by atomic mass is 16.5. The molecule has 0 amide bonds. The minimum atomic E-state index is -0.792. The second-order valence-corrected chi connectivity index (χ2v) is 2.61. The van der Waals surface area contributed by atoms with E-state index >= 15 is 0 Å². The van der Waals surface area contributed by atoms with E-state index in [0.717, 1.165) is 0 Å². The van der Waals surface area contributed by atoms with E-state index in [1.807, 2.05) is 0 Å². The van der Waals surface area contributed by atoms with Crippen molar-refractivity contribution in [1.29, 1.82) is 0 Å².